The topological polar surface area (TPSA) is 86.4 Å². The van der Waals surface area contributed by atoms with Crippen molar-refractivity contribution < 1.29 is 22.2 Å². The van der Waals surface area contributed by atoms with Crippen LogP contribution in [0.25, 0.3) is 33.0 Å². The third kappa shape index (κ3) is 4.73. The lowest BCUT2D eigenvalue weighted by molar-refractivity contribution is 0.415. The van der Waals surface area contributed by atoms with Crippen molar-refractivity contribution in [1.29, 1.82) is 0 Å². The Balaban J connectivity index is 1.65. The number of nitrogens with zero attached hydrogens (tertiary/aromatic N) is 2. The molecule has 1 N–H and O–H groups in total. The lowest BCUT2D eigenvalue weighted by Crippen LogP contribution is -2.17. The summed E-state index contributed by atoms with van der Waals surface area (Å²) in [4.78, 5) is 13.3. The van der Waals surface area contributed by atoms with Crippen LogP contribution >= 0.6 is 11.6 Å². The summed E-state index contributed by atoms with van der Waals surface area (Å²) >= 11 is 5.96. The number of halogens is 3. The maximum atomic E-state index is 15.4. The van der Waals surface area contributed by atoms with Gasteiger partial charge in [-0.05, 0) is 53.4 Å². The first-order valence-electron chi connectivity index (χ1n) is 10.8. The number of hydrogen-bond acceptors (Lipinski definition) is 5. The van der Waals surface area contributed by atoms with E-state index in [4.69, 9.17) is 20.9 Å². The fourth-order valence-corrected chi connectivity index (χ4v) is 5.11. The maximum absolute atomic E-state index is 15.4. The van der Waals surface area contributed by atoms with Crippen molar-refractivity contribution in [3.05, 3.63) is 94.1 Å². The Labute approximate surface area is 216 Å². The van der Waals surface area contributed by atoms with Crippen LogP contribution in [0.4, 0.5) is 14.6 Å². The van der Waals surface area contributed by atoms with Gasteiger partial charge in [-0.15, -0.1) is 0 Å². The van der Waals surface area contributed by atoms with Gasteiger partial charge in [-0.25, -0.2) is 13.0 Å². The molecular weight excluding hydrogens is 524 g/mol. The van der Waals surface area contributed by atoms with E-state index >= 15 is 4.39 Å². The number of benzene rings is 3. The molecule has 0 aliphatic heterocycles. The van der Waals surface area contributed by atoms with Crippen molar-refractivity contribution in [3.63, 3.8) is 0 Å². The van der Waals surface area contributed by atoms with Gasteiger partial charge in [-0.2, -0.15) is 0 Å². The summed E-state index contributed by atoms with van der Waals surface area (Å²) in [5.41, 5.74) is 0.918. The number of pyridine rings is 1. The van der Waals surface area contributed by atoms with Crippen LogP contribution in [0.2, 0.25) is 5.02 Å². The third-order valence-corrected chi connectivity index (χ3v) is 7.05. The molecule has 0 saturated heterocycles. The van der Waals surface area contributed by atoms with Crippen LogP contribution in [0.15, 0.2) is 81.3 Å². The highest BCUT2D eigenvalue weighted by Gasteiger charge is 2.19. The molecule has 188 valence electrons. The van der Waals surface area contributed by atoms with Gasteiger partial charge in [0.15, 0.2) is 16.8 Å². The Morgan fingerprint density at radius 2 is 1.84 bits per heavy atom. The molecule has 2 aromatic heterocycles. The lowest BCUT2D eigenvalue weighted by Gasteiger charge is -2.16. The average molecular weight is 542 g/mol. The van der Waals surface area contributed by atoms with E-state index in [1.807, 2.05) is 0 Å². The molecule has 3 aromatic carbocycles. The molecule has 0 radical (unpaired) electrons. The Bertz CT molecular complexity index is 1720. The summed E-state index contributed by atoms with van der Waals surface area (Å²) in [7, 11) is 1.28. The predicted octanol–water partition coefficient (Wildman–Crippen LogP) is 5.94. The van der Waals surface area contributed by atoms with Crippen LogP contribution in [-0.4, -0.2) is 21.0 Å². The van der Waals surface area contributed by atoms with Gasteiger partial charge in [-0.1, -0.05) is 22.8 Å². The number of nitrogens with one attached hydrogen (secondary N) is 1. The monoisotopic (exact) mass is 541 g/mol. The normalized spacial score (nSPS) is 12.0. The van der Waals surface area contributed by atoms with E-state index in [1.165, 1.54) is 54.3 Å². The van der Waals surface area contributed by atoms with Gasteiger partial charge in [0.1, 0.15) is 23.6 Å². The van der Waals surface area contributed by atoms with Crippen molar-refractivity contribution >= 4 is 39.2 Å². The second kappa shape index (κ2) is 9.79. The van der Waals surface area contributed by atoms with Crippen LogP contribution < -0.4 is 15.0 Å². The highest BCUT2D eigenvalue weighted by Crippen LogP contribution is 2.39. The van der Waals surface area contributed by atoms with Crippen LogP contribution in [0.3, 0.4) is 0 Å². The molecule has 0 bridgehead atoms. The van der Waals surface area contributed by atoms with E-state index < -0.39 is 22.6 Å². The quantitative estimate of drug-likeness (QED) is 0.288. The summed E-state index contributed by atoms with van der Waals surface area (Å²) in [5.74, 6) is -0.647. The van der Waals surface area contributed by atoms with Gasteiger partial charge in [0.25, 0.3) is 5.56 Å². The molecule has 5 rings (SSSR count). The van der Waals surface area contributed by atoms with Crippen molar-refractivity contribution in [1.82, 2.24) is 9.72 Å². The molecule has 0 aliphatic rings. The van der Waals surface area contributed by atoms with Gasteiger partial charge >= 0.3 is 0 Å². The van der Waals surface area contributed by atoms with Gasteiger partial charge in [0, 0.05) is 46.4 Å². The largest absolute Gasteiger partial charge is 0.496 e. The highest BCUT2D eigenvalue weighted by atomic mass is 35.5. The zero-order valence-electron chi connectivity index (χ0n) is 19.4. The van der Waals surface area contributed by atoms with E-state index in [0.29, 0.717) is 27.2 Å². The van der Waals surface area contributed by atoms with E-state index in [9.17, 15) is 13.4 Å². The van der Waals surface area contributed by atoms with Crippen LogP contribution in [-0.2, 0) is 18.0 Å². The molecule has 1 atom stereocenters. The first-order chi connectivity index (χ1) is 17.7. The maximum Gasteiger partial charge on any atom is 0.258 e. The molecule has 2 heterocycles. The molecule has 37 heavy (non-hydrogen) atoms. The summed E-state index contributed by atoms with van der Waals surface area (Å²) < 4.78 is 56.4. The van der Waals surface area contributed by atoms with E-state index in [2.05, 4.69) is 9.88 Å². The molecule has 5 aromatic rings. The molecule has 0 saturated carbocycles. The second-order valence-electron chi connectivity index (χ2n) is 8.11. The number of rotatable bonds is 6. The second-order valence-corrected chi connectivity index (χ2v) is 9.76. The number of methoxy groups -OCH3 is 1. The first kappa shape index (κ1) is 24.7. The summed E-state index contributed by atoms with van der Waals surface area (Å²) in [6, 6.07) is 12.8. The standard InChI is InChI=1S/C26H18ClF2N3O4S/c1-32-13-22(18-4-3-17(10-21(18)26(32)33)37(34)31-25-5-6-36-30-25)20-11-23(29)19(12-24(20)35-2)14-7-15(27)9-16(28)8-14/h3-13H,1-2H3,(H,30,31). The lowest BCUT2D eigenvalue weighted by atomic mass is 9.96. The predicted molar refractivity (Wildman–Crippen MR) is 138 cm³/mol. The summed E-state index contributed by atoms with van der Waals surface area (Å²) in [6.45, 7) is 0. The zero-order chi connectivity index (χ0) is 26.3. The molecule has 0 aliphatic carbocycles. The van der Waals surface area contributed by atoms with Crippen molar-refractivity contribution in [2.75, 3.05) is 11.8 Å². The zero-order valence-corrected chi connectivity index (χ0v) is 21.0. The molecule has 0 spiro atoms. The molecular formula is C26H18ClF2N3O4S. The van der Waals surface area contributed by atoms with Crippen molar-refractivity contribution in [2.45, 2.75) is 4.90 Å². The fraction of sp³-hybridized carbons (Fsp3) is 0.0769. The Hall–Kier alpha value is -4.02. The van der Waals surface area contributed by atoms with Crippen molar-refractivity contribution in [2.24, 2.45) is 7.05 Å². The average Bonchev–Trinajstić information content (AvgIpc) is 3.38. The van der Waals surface area contributed by atoms with E-state index in [-0.39, 0.29) is 32.9 Å². The molecule has 7 nitrogen and oxygen atoms in total. The van der Waals surface area contributed by atoms with E-state index in [0.717, 1.165) is 6.07 Å². The van der Waals surface area contributed by atoms with E-state index in [1.54, 1.807) is 25.4 Å². The first-order valence-corrected chi connectivity index (χ1v) is 12.3. The number of ether oxygens (including phenoxy) is 1. The fourth-order valence-electron chi connectivity index (χ4n) is 4.06. The SMILES string of the molecule is COc1cc(-c2cc(F)cc(Cl)c2)c(F)cc1-c1cn(C)c(=O)c2cc(S(=O)Nc3ccon3)ccc12. The number of anilines is 1. The third-order valence-electron chi connectivity index (χ3n) is 5.76. The van der Waals surface area contributed by atoms with Crippen molar-refractivity contribution in [3.8, 4) is 28.0 Å². The van der Waals surface area contributed by atoms with Gasteiger partial charge < -0.3 is 13.8 Å². The van der Waals surface area contributed by atoms with Gasteiger partial charge in [0.2, 0.25) is 0 Å². The molecule has 11 heteroatoms. The molecule has 1 unspecified atom stereocenters. The Morgan fingerprint density at radius 1 is 1.03 bits per heavy atom. The summed E-state index contributed by atoms with van der Waals surface area (Å²) in [5, 5.41) is 4.58. The Kier molecular flexibility index (Phi) is 6.53. The molecule has 0 fully saturated rings. The molecule has 0 amide bonds. The summed E-state index contributed by atoms with van der Waals surface area (Å²) in [6.07, 6.45) is 2.91. The van der Waals surface area contributed by atoms with Gasteiger partial charge in [-0.3, -0.25) is 9.52 Å². The minimum Gasteiger partial charge on any atom is -0.496 e. The highest BCUT2D eigenvalue weighted by molar-refractivity contribution is 7.86. The Morgan fingerprint density at radius 3 is 2.54 bits per heavy atom. The number of aromatic nitrogens is 2. The smallest absolute Gasteiger partial charge is 0.258 e. The minimum atomic E-state index is -1.72. The number of hydrogen-bond donors (Lipinski definition) is 1. The van der Waals surface area contributed by atoms with Crippen LogP contribution in [0, 0.1) is 11.6 Å². The number of aryl methyl sites for hydroxylation is 1. The minimum absolute atomic E-state index is 0.104. The van der Waals surface area contributed by atoms with Gasteiger partial charge in [0.05, 0.1) is 12.0 Å². The number of fused-ring (bicyclic) bond motifs is 1. The van der Waals surface area contributed by atoms with Crippen LogP contribution in [0.5, 0.6) is 5.75 Å². The van der Waals surface area contributed by atoms with Crippen LogP contribution in [0.1, 0.15) is 0 Å².